The van der Waals surface area contributed by atoms with Gasteiger partial charge in [-0.2, -0.15) is 0 Å². The fourth-order valence-corrected chi connectivity index (χ4v) is 3.55. The van der Waals surface area contributed by atoms with Crippen molar-refractivity contribution in [2.75, 3.05) is 13.1 Å². The SMILES string of the molecule is Cc1nc(C(C)N2CCC(C(=O)O)(C(C)C)C2)cs1. The van der Waals surface area contributed by atoms with E-state index in [0.717, 1.165) is 23.7 Å². The number of thiazole rings is 1. The maximum Gasteiger partial charge on any atom is 0.311 e. The Morgan fingerprint density at radius 2 is 2.21 bits per heavy atom. The summed E-state index contributed by atoms with van der Waals surface area (Å²) in [5.41, 5.74) is 0.465. The molecule has 1 fully saturated rings. The molecular formula is C14H22N2O2S. The molecule has 0 radical (unpaired) electrons. The first kappa shape index (κ1) is 14.5. The van der Waals surface area contributed by atoms with Crippen molar-refractivity contribution >= 4 is 17.3 Å². The van der Waals surface area contributed by atoms with Crippen LogP contribution in [0.4, 0.5) is 0 Å². The van der Waals surface area contributed by atoms with Crippen molar-refractivity contribution < 1.29 is 9.90 Å². The Kier molecular flexibility index (Phi) is 3.97. The molecule has 2 unspecified atom stereocenters. The summed E-state index contributed by atoms with van der Waals surface area (Å²) < 4.78 is 0. The Labute approximate surface area is 118 Å². The molecule has 4 nitrogen and oxygen atoms in total. The molecule has 1 saturated heterocycles. The van der Waals surface area contributed by atoms with Crippen LogP contribution in [0.3, 0.4) is 0 Å². The van der Waals surface area contributed by atoms with E-state index in [9.17, 15) is 9.90 Å². The zero-order valence-corrected chi connectivity index (χ0v) is 12.8. The topological polar surface area (TPSA) is 53.4 Å². The molecule has 0 spiro atoms. The van der Waals surface area contributed by atoms with E-state index >= 15 is 0 Å². The zero-order valence-electron chi connectivity index (χ0n) is 12.0. The highest BCUT2D eigenvalue weighted by molar-refractivity contribution is 7.09. The molecule has 0 bridgehead atoms. The molecule has 1 aliphatic rings. The third-order valence-corrected chi connectivity index (χ3v) is 5.27. The number of carboxylic acids is 1. The third kappa shape index (κ3) is 2.54. The van der Waals surface area contributed by atoms with Gasteiger partial charge in [0.2, 0.25) is 0 Å². The van der Waals surface area contributed by atoms with Crippen molar-refractivity contribution in [3.63, 3.8) is 0 Å². The maximum atomic E-state index is 11.6. The molecule has 1 aromatic rings. The number of likely N-dealkylation sites (tertiary alicyclic amines) is 1. The van der Waals surface area contributed by atoms with Gasteiger partial charge in [-0.15, -0.1) is 11.3 Å². The quantitative estimate of drug-likeness (QED) is 0.922. The van der Waals surface area contributed by atoms with Crippen molar-refractivity contribution in [1.82, 2.24) is 9.88 Å². The average Bonchev–Trinajstić information content (AvgIpc) is 2.94. The largest absolute Gasteiger partial charge is 0.481 e. The van der Waals surface area contributed by atoms with Gasteiger partial charge in [0, 0.05) is 11.9 Å². The molecule has 19 heavy (non-hydrogen) atoms. The van der Waals surface area contributed by atoms with E-state index in [1.54, 1.807) is 11.3 Å². The predicted octanol–water partition coefficient (Wildman–Crippen LogP) is 2.95. The maximum absolute atomic E-state index is 11.6. The van der Waals surface area contributed by atoms with Crippen LogP contribution in [0.1, 0.15) is 43.9 Å². The van der Waals surface area contributed by atoms with Gasteiger partial charge in [0.15, 0.2) is 0 Å². The summed E-state index contributed by atoms with van der Waals surface area (Å²) in [4.78, 5) is 18.4. The summed E-state index contributed by atoms with van der Waals surface area (Å²) in [6.45, 7) is 9.60. The second-order valence-corrected chi connectivity index (χ2v) is 6.87. The number of carboxylic acid groups (broad SMARTS) is 1. The van der Waals surface area contributed by atoms with Gasteiger partial charge in [-0.3, -0.25) is 9.69 Å². The van der Waals surface area contributed by atoms with Crippen LogP contribution in [-0.4, -0.2) is 34.0 Å². The van der Waals surface area contributed by atoms with Gasteiger partial charge in [0.1, 0.15) is 0 Å². The molecule has 2 atom stereocenters. The Hall–Kier alpha value is -0.940. The molecule has 1 aliphatic heterocycles. The third-order valence-electron chi connectivity index (χ3n) is 4.47. The summed E-state index contributed by atoms with van der Waals surface area (Å²) in [6.07, 6.45) is 0.730. The molecule has 0 saturated carbocycles. The molecule has 106 valence electrons. The van der Waals surface area contributed by atoms with Crippen molar-refractivity contribution in [3.05, 3.63) is 16.1 Å². The zero-order chi connectivity index (χ0) is 14.2. The molecule has 5 heteroatoms. The van der Waals surface area contributed by atoms with E-state index in [-0.39, 0.29) is 12.0 Å². The van der Waals surface area contributed by atoms with E-state index in [1.807, 2.05) is 20.8 Å². The molecule has 1 aromatic heterocycles. The summed E-state index contributed by atoms with van der Waals surface area (Å²) in [5.74, 6) is -0.508. The van der Waals surface area contributed by atoms with Gasteiger partial charge in [-0.25, -0.2) is 4.98 Å². The van der Waals surface area contributed by atoms with Crippen LogP contribution in [0.2, 0.25) is 0 Å². The normalized spacial score (nSPS) is 25.9. The summed E-state index contributed by atoms with van der Waals surface area (Å²) in [6, 6.07) is 0.199. The lowest BCUT2D eigenvalue weighted by atomic mass is 9.76. The highest BCUT2D eigenvalue weighted by Crippen LogP contribution is 2.41. The number of carbonyl (C=O) groups is 1. The average molecular weight is 282 g/mol. The van der Waals surface area contributed by atoms with Crippen LogP contribution in [0.5, 0.6) is 0 Å². The number of aryl methyl sites for hydroxylation is 1. The molecular weight excluding hydrogens is 260 g/mol. The lowest BCUT2D eigenvalue weighted by molar-refractivity contribution is -0.151. The number of hydrogen-bond donors (Lipinski definition) is 1. The minimum Gasteiger partial charge on any atom is -0.481 e. The van der Waals surface area contributed by atoms with Crippen LogP contribution >= 0.6 is 11.3 Å². The Bertz CT molecular complexity index is 472. The monoisotopic (exact) mass is 282 g/mol. The van der Waals surface area contributed by atoms with Crippen LogP contribution in [0.25, 0.3) is 0 Å². The molecule has 0 aliphatic carbocycles. The highest BCUT2D eigenvalue weighted by Gasteiger charge is 2.48. The molecule has 1 N–H and O–H groups in total. The Morgan fingerprint density at radius 1 is 1.53 bits per heavy atom. The number of hydrogen-bond acceptors (Lipinski definition) is 4. The van der Waals surface area contributed by atoms with Crippen molar-refractivity contribution in [1.29, 1.82) is 0 Å². The van der Waals surface area contributed by atoms with Crippen LogP contribution in [0.15, 0.2) is 5.38 Å². The summed E-state index contributed by atoms with van der Waals surface area (Å²) in [7, 11) is 0. The Morgan fingerprint density at radius 3 is 2.63 bits per heavy atom. The predicted molar refractivity (Wildman–Crippen MR) is 76.4 cm³/mol. The van der Waals surface area contributed by atoms with Gasteiger partial charge >= 0.3 is 5.97 Å². The fraction of sp³-hybridized carbons (Fsp3) is 0.714. The van der Waals surface area contributed by atoms with E-state index in [0.29, 0.717) is 6.54 Å². The number of rotatable bonds is 4. The van der Waals surface area contributed by atoms with Crippen LogP contribution in [-0.2, 0) is 4.79 Å². The van der Waals surface area contributed by atoms with E-state index < -0.39 is 11.4 Å². The second-order valence-electron chi connectivity index (χ2n) is 5.80. The first-order valence-electron chi connectivity index (χ1n) is 6.76. The number of aromatic nitrogens is 1. The summed E-state index contributed by atoms with van der Waals surface area (Å²) >= 11 is 1.65. The lowest BCUT2D eigenvalue weighted by Crippen LogP contribution is -2.39. The van der Waals surface area contributed by atoms with Crippen LogP contribution in [0, 0.1) is 18.3 Å². The lowest BCUT2D eigenvalue weighted by Gasteiger charge is -2.30. The molecule has 2 heterocycles. The van der Waals surface area contributed by atoms with E-state index in [1.165, 1.54) is 0 Å². The minimum absolute atomic E-state index is 0.152. The van der Waals surface area contributed by atoms with Crippen molar-refractivity contribution in [2.45, 2.75) is 40.2 Å². The second kappa shape index (κ2) is 5.21. The molecule has 2 rings (SSSR count). The van der Waals surface area contributed by atoms with Crippen molar-refractivity contribution in [2.24, 2.45) is 11.3 Å². The van der Waals surface area contributed by atoms with Crippen LogP contribution < -0.4 is 0 Å². The minimum atomic E-state index is -0.661. The number of aliphatic carboxylic acids is 1. The fourth-order valence-electron chi connectivity index (χ4n) is 2.85. The van der Waals surface area contributed by atoms with E-state index in [4.69, 9.17) is 0 Å². The van der Waals surface area contributed by atoms with Gasteiger partial charge in [-0.05, 0) is 32.7 Å². The van der Waals surface area contributed by atoms with Crippen molar-refractivity contribution in [3.8, 4) is 0 Å². The van der Waals surface area contributed by atoms with Gasteiger partial charge in [-0.1, -0.05) is 13.8 Å². The first-order chi connectivity index (χ1) is 8.86. The van der Waals surface area contributed by atoms with Gasteiger partial charge < -0.3 is 5.11 Å². The smallest absolute Gasteiger partial charge is 0.311 e. The standard InChI is InChI=1S/C14H22N2O2S/c1-9(2)14(13(17)18)5-6-16(8-14)10(3)12-7-19-11(4)15-12/h7,9-10H,5-6,8H2,1-4H3,(H,17,18). The number of nitrogens with zero attached hydrogens (tertiary/aromatic N) is 2. The Balaban J connectivity index is 2.15. The molecule has 0 aromatic carbocycles. The highest BCUT2D eigenvalue weighted by atomic mass is 32.1. The van der Waals surface area contributed by atoms with Gasteiger partial charge in [0.05, 0.1) is 22.2 Å². The molecule has 0 amide bonds. The van der Waals surface area contributed by atoms with E-state index in [2.05, 4.69) is 22.2 Å². The first-order valence-corrected chi connectivity index (χ1v) is 7.64. The summed E-state index contributed by atoms with van der Waals surface area (Å²) in [5, 5.41) is 12.7. The van der Waals surface area contributed by atoms with Gasteiger partial charge in [0.25, 0.3) is 0 Å².